The number of aromatic nitrogens is 4. The first-order valence-corrected chi connectivity index (χ1v) is 5.08. The molecule has 2 aromatic heterocycles. The predicted octanol–water partition coefficient (Wildman–Crippen LogP) is 0.823. The van der Waals surface area contributed by atoms with Gasteiger partial charge in [0.2, 0.25) is 0 Å². The molecule has 2 aromatic rings. The molecule has 0 aliphatic rings. The first-order chi connectivity index (χ1) is 7.24. The molecule has 80 valence electrons. The highest BCUT2D eigenvalue weighted by Gasteiger charge is 2.18. The summed E-state index contributed by atoms with van der Waals surface area (Å²) in [4.78, 5) is 8.33. The number of nitrogens with zero attached hydrogens (tertiary/aromatic N) is 4. The van der Waals surface area contributed by atoms with Crippen molar-refractivity contribution < 1.29 is 0 Å². The van der Waals surface area contributed by atoms with Crippen molar-refractivity contribution in [2.75, 3.05) is 6.54 Å². The van der Waals surface area contributed by atoms with Crippen molar-refractivity contribution in [1.82, 2.24) is 19.6 Å². The van der Waals surface area contributed by atoms with E-state index in [2.05, 4.69) is 28.9 Å². The summed E-state index contributed by atoms with van der Waals surface area (Å²) < 4.78 is 1.76. The number of fused-ring (bicyclic) bond motifs is 1. The van der Waals surface area contributed by atoms with Gasteiger partial charge < -0.3 is 5.73 Å². The summed E-state index contributed by atoms with van der Waals surface area (Å²) in [6, 6.07) is 0. The highest BCUT2D eigenvalue weighted by atomic mass is 15.3. The van der Waals surface area contributed by atoms with Gasteiger partial charge in [-0.3, -0.25) is 0 Å². The summed E-state index contributed by atoms with van der Waals surface area (Å²) in [5.41, 5.74) is 6.80. The highest BCUT2D eigenvalue weighted by Crippen LogP contribution is 2.22. The summed E-state index contributed by atoms with van der Waals surface area (Å²) in [5.74, 6) is 1.38. The third-order valence-electron chi connectivity index (χ3n) is 2.62. The van der Waals surface area contributed by atoms with Gasteiger partial charge in [-0.1, -0.05) is 13.8 Å². The van der Waals surface area contributed by atoms with E-state index in [0.717, 1.165) is 5.69 Å². The van der Waals surface area contributed by atoms with Crippen LogP contribution in [0.25, 0.3) is 5.78 Å². The summed E-state index contributed by atoms with van der Waals surface area (Å²) in [6.45, 7) is 4.89. The van der Waals surface area contributed by atoms with Gasteiger partial charge in [-0.05, 0) is 5.92 Å². The van der Waals surface area contributed by atoms with Gasteiger partial charge in [0, 0.05) is 12.5 Å². The van der Waals surface area contributed by atoms with Crippen LogP contribution >= 0.6 is 0 Å². The van der Waals surface area contributed by atoms with Gasteiger partial charge in [-0.15, -0.1) is 0 Å². The average Bonchev–Trinajstić information content (AvgIpc) is 2.63. The maximum absolute atomic E-state index is 5.77. The second-order valence-electron chi connectivity index (χ2n) is 3.92. The Labute approximate surface area is 88.3 Å². The molecule has 2 heterocycles. The van der Waals surface area contributed by atoms with Crippen LogP contribution in [0.5, 0.6) is 0 Å². The zero-order valence-electron chi connectivity index (χ0n) is 8.96. The second kappa shape index (κ2) is 3.94. The lowest BCUT2D eigenvalue weighted by molar-refractivity contribution is 0.487. The van der Waals surface area contributed by atoms with Crippen LogP contribution in [0.15, 0.2) is 18.6 Å². The minimum Gasteiger partial charge on any atom is -0.330 e. The molecule has 0 saturated carbocycles. The van der Waals surface area contributed by atoms with E-state index in [0.29, 0.717) is 18.2 Å². The minimum atomic E-state index is 0.275. The van der Waals surface area contributed by atoms with Gasteiger partial charge in [0.05, 0.1) is 24.3 Å². The number of rotatable bonds is 3. The molecule has 15 heavy (non-hydrogen) atoms. The van der Waals surface area contributed by atoms with Crippen LogP contribution in [-0.4, -0.2) is 26.1 Å². The second-order valence-corrected chi connectivity index (χ2v) is 3.92. The van der Waals surface area contributed by atoms with Crippen molar-refractivity contribution in [3.63, 3.8) is 0 Å². The van der Waals surface area contributed by atoms with E-state index >= 15 is 0 Å². The fourth-order valence-corrected chi connectivity index (χ4v) is 1.74. The molecule has 2 N–H and O–H groups in total. The molecule has 0 radical (unpaired) electrons. The lowest BCUT2D eigenvalue weighted by atomic mass is 9.93. The summed E-state index contributed by atoms with van der Waals surface area (Å²) in [7, 11) is 0. The van der Waals surface area contributed by atoms with E-state index in [1.54, 1.807) is 16.9 Å². The SMILES string of the molecule is CC(C)C(CN)c1cnc2nccnn12. The molecule has 0 bridgehead atoms. The zero-order valence-corrected chi connectivity index (χ0v) is 8.96. The van der Waals surface area contributed by atoms with Crippen LogP contribution in [0.1, 0.15) is 25.5 Å². The number of hydrogen-bond acceptors (Lipinski definition) is 4. The quantitative estimate of drug-likeness (QED) is 0.805. The molecule has 0 aliphatic carbocycles. The molecular formula is C10H15N5. The van der Waals surface area contributed by atoms with Crippen LogP contribution < -0.4 is 5.73 Å². The largest absolute Gasteiger partial charge is 0.330 e. The predicted molar refractivity (Wildman–Crippen MR) is 57.4 cm³/mol. The summed E-state index contributed by atoms with van der Waals surface area (Å²) in [5, 5.41) is 4.23. The average molecular weight is 205 g/mol. The van der Waals surface area contributed by atoms with Crippen molar-refractivity contribution in [3.8, 4) is 0 Å². The van der Waals surface area contributed by atoms with E-state index in [1.807, 2.05) is 6.20 Å². The molecule has 2 rings (SSSR count). The first kappa shape index (κ1) is 10.0. The lowest BCUT2D eigenvalue weighted by Crippen LogP contribution is -2.20. The molecule has 0 spiro atoms. The third-order valence-corrected chi connectivity index (χ3v) is 2.62. The Balaban J connectivity index is 2.51. The van der Waals surface area contributed by atoms with Crippen LogP contribution in [0, 0.1) is 5.92 Å². The van der Waals surface area contributed by atoms with Crippen LogP contribution in [0.3, 0.4) is 0 Å². The van der Waals surface area contributed by atoms with Gasteiger partial charge in [0.25, 0.3) is 5.78 Å². The summed E-state index contributed by atoms with van der Waals surface area (Å²) >= 11 is 0. The molecule has 0 aromatic carbocycles. The molecular weight excluding hydrogens is 190 g/mol. The molecule has 5 nitrogen and oxygen atoms in total. The Bertz CT molecular complexity index is 448. The fraction of sp³-hybridized carbons (Fsp3) is 0.500. The Kier molecular flexibility index (Phi) is 2.64. The molecule has 0 aliphatic heterocycles. The molecule has 0 saturated heterocycles. The van der Waals surface area contributed by atoms with E-state index in [-0.39, 0.29) is 5.92 Å². The molecule has 5 heteroatoms. The molecule has 0 amide bonds. The normalized spacial score (nSPS) is 13.6. The van der Waals surface area contributed by atoms with Gasteiger partial charge >= 0.3 is 0 Å². The van der Waals surface area contributed by atoms with Crippen LogP contribution in [-0.2, 0) is 0 Å². The molecule has 1 atom stereocenters. The smallest absolute Gasteiger partial charge is 0.250 e. The van der Waals surface area contributed by atoms with Gasteiger partial charge in [-0.25, -0.2) is 14.5 Å². The summed E-state index contributed by atoms with van der Waals surface area (Å²) in [6.07, 6.45) is 5.11. The van der Waals surface area contributed by atoms with Crippen LogP contribution in [0.4, 0.5) is 0 Å². The molecule has 0 fully saturated rings. The fourth-order valence-electron chi connectivity index (χ4n) is 1.74. The van der Waals surface area contributed by atoms with E-state index in [4.69, 9.17) is 5.73 Å². The number of imidazole rings is 1. The Hall–Kier alpha value is -1.49. The van der Waals surface area contributed by atoms with Crippen molar-refractivity contribution in [2.45, 2.75) is 19.8 Å². The standard InChI is InChI=1S/C10H15N5/c1-7(2)8(5-11)9-6-13-10-12-3-4-14-15(9)10/h3-4,6-8H,5,11H2,1-2H3. The van der Waals surface area contributed by atoms with Crippen LogP contribution in [0.2, 0.25) is 0 Å². The van der Waals surface area contributed by atoms with E-state index in [1.165, 1.54) is 0 Å². The number of hydrogen-bond donors (Lipinski definition) is 1. The van der Waals surface area contributed by atoms with E-state index < -0.39 is 0 Å². The molecule has 1 unspecified atom stereocenters. The Morgan fingerprint density at radius 3 is 2.80 bits per heavy atom. The monoisotopic (exact) mass is 205 g/mol. The Morgan fingerprint density at radius 1 is 1.33 bits per heavy atom. The van der Waals surface area contributed by atoms with Gasteiger partial charge in [0.15, 0.2) is 0 Å². The number of nitrogens with two attached hydrogens (primary N) is 1. The first-order valence-electron chi connectivity index (χ1n) is 5.08. The van der Waals surface area contributed by atoms with Gasteiger partial charge in [-0.2, -0.15) is 5.10 Å². The minimum absolute atomic E-state index is 0.275. The maximum Gasteiger partial charge on any atom is 0.250 e. The van der Waals surface area contributed by atoms with Gasteiger partial charge in [0.1, 0.15) is 0 Å². The van der Waals surface area contributed by atoms with Crippen molar-refractivity contribution in [1.29, 1.82) is 0 Å². The zero-order chi connectivity index (χ0) is 10.8. The Morgan fingerprint density at radius 2 is 2.13 bits per heavy atom. The maximum atomic E-state index is 5.77. The topological polar surface area (TPSA) is 69.1 Å². The van der Waals surface area contributed by atoms with Crippen molar-refractivity contribution in [3.05, 3.63) is 24.3 Å². The highest BCUT2D eigenvalue weighted by molar-refractivity contribution is 5.29. The van der Waals surface area contributed by atoms with Crippen molar-refractivity contribution >= 4 is 5.78 Å². The third kappa shape index (κ3) is 1.70. The van der Waals surface area contributed by atoms with Crippen molar-refractivity contribution in [2.24, 2.45) is 11.7 Å². The van der Waals surface area contributed by atoms with E-state index in [9.17, 15) is 0 Å². The lowest BCUT2D eigenvalue weighted by Gasteiger charge is -2.17.